The number of amides is 1. The third-order valence-electron chi connectivity index (χ3n) is 5.78. The first-order chi connectivity index (χ1) is 17.7. The average Bonchev–Trinajstić information content (AvgIpc) is 3.30. The second-order valence-corrected chi connectivity index (χ2v) is 9.42. The van der Waals surface area contributed by atoms with Crippen molar-refractivity contribution in [2.45, 2.75) is 32.0 Å². The Morgan fingerprint density at radius 3 is 2.43 bits per heavy atom. The number of ether oxygens (including phenoxy) is 4. The maximum Gasteiger partial charge on any atom is 0.243 e. The number of benzene rings is 1. The molecule has 9 nitrogen and oxygen atoms in total. The van der Waals surface area contributed by atoms with E-state index < -0.39 is 0 Å². The van der Waals surface area contributed by atoms with E-state index in [0.717, 1.165) is 10.8 Å². The van der Waals surface area contributed by atoms with Gasteiger partial charge in [0, 0.05) is 28.6 Å². The van der Waals surface area contributed by atoms with Crippen LogP contribution in [0.1, 0.15) is 13.8 Å². The fraction of sp³-hybridized carbons (Fsp3) is 0.346. The maximum absolute atomic E-state index is 11.8. The standard InChI is InChI=1S/C26H28Cl2N4O5/c1-6-22(33)31-18-12-36-11-17(18)30-21-8-15-14(10-29-21)7-16(32-26(15)37-13(2)3)23-24(27)19(34-4)9-20(35-5)25(23)28/h6-10,13,17-18H,1,11-12H2,2-5H3,(H,29,30)(H,31,33)/t17-,18+/m1/s1. The van der Waals surface area contributed by atoms with Gasteiger partial charge in [-0.1, -0.05) is 29.8 Å². The molecule has 1 aliphatic heterocycles. The van der Waals surface area contributed by atoms with E-state index in [1.807, 2.05) is 26.0 Å². The van der Waals surface area contributed by atoms with Gasteiger partial charge in [-0.15, -0.1) is 0 Å². The predicted octanol–water partition coefficient (Wildman–Crippen LogP) is 4.89. The quantitative estimate of drug-likeness (QED) is 0.365. The zero-order chi connectivity index (χ0) is 26.7. The first kappa shape index (κ1) is 26.8. The van der Waals surface area contributed by atoms with Crippen molar-refractivity contribution in [2.75, 3.05) is 32.8 Å². The topological polar surface area (TPSA) is 104 Å². The highest BCUT2D eigenvalue weighted by atomic mass is 35.5. The normalized spacial score (nSPS) is 17.1. The van der Waals surface area contributed by atoms with Crippen LogP contribution in [0.5, 0.6) is 17.4 Å². The van der Waals surface area contributed by atoms with Crippen LogP contribution in [0.15, 0.2) is 37.1 Å². The zero-order valence-corrected chi connectivity index (χ0v) is 22.4. The van der Waals surface area contributed by atoms with Crippen LogP contribution in [-0.2, 0) is 9.53 Å². The molecule has 37 heavy (non-hydrogen) atoms. The van der Waals surface area contributed by atoms with Crippen molar-refractivity contribution >= 4 is 45.7 Å². The minimum atomic E-state index is -0.260. The Morgan fingerprint density at radius 1 is 1.14 bits per heavy atom. The van der Waals surface area contributed by atoms with Gasteiger partial charge in [0.1, 0.15) is 17.3 Å². The maximum atomic E-state index is 11.8. The lowest BCUT2D eigenvalue weighted by Gasteiger charge is -2.21. The van der Waals surface area contributed by atoms with Crippen LogP contribution >= 0.6 is 23.2 Å². The Bertz CT molecular complexity index is 1310. The Hall–Kier alpha value is -3.27. The van der Waals surface area contributed by atoms with Crippen molar-refractivity contribution in [1.29, 1.82) is 0 Å². The van der Waals surface area contributed by atoms with Gasteiger partial charge in [0.2, 0.25) is 11.8 Å². The fourth-order valence-electron chi connectivity index (χ4n) is 4.02. The second kappa shape index (κ2) is 11.4. The minimum absolute atomic E-state index is 0.150. The molecule has 4 rings (SSSR count). The molecule has 2 N–H and O–H groups in total. The van der Waals surface area contributed by atoms with E-state index in [2.05, 4.69) is 22.2 Å². The van der Waals surface area contributed by atoms with Crippen LogP contribution in [0.3, 0.4) is 0 Å². The number of carbonyl (C=O) groups excluding carboxylic acids is 1. The summed E-state index contributed by atoms with van der Waals surface area (Å²) in [5.41, 5.74) is 0.940. The van der Waals surface area contributed by atoms with Crippen LogP contribution in [0.4, 0.5) is 5.82 Å². The molecule has 11 heteroatoms. The molecule has 0 saturated carbocycles. The number of aromatic nitrogens is 2. The van der Waals surface area contributed by atoms with Gasteiger partial charge >= 0.3 is 0 Å². The van der Waals surface area contributed by atoms with Crippen molar-refractivity contribution in [1.82, 2.24) is 15.3 Å². The van der Waals surface area contributed by atoms with E-state index in [1.54, 1.807) is 12.3 Å². The molecule has 2 atom stereocenters. The fourth-order valence-corrected chi connectivity index (χ4v) is 4.71. The van der Waals surface area contributed by atoms with E-state index in [4.69, 9.17) is 47.1 Å². The summed E-state index contributed by atoms with van der Waals surface area (Å²) in [6.45, 7) is 8.14. The summed E-state index contributed by atoms with van der Waals surface area (Å²) < 4.78 is 22.5. The molecule has 0 unspecified atom stereocenters. The Kier molecular flexibility index (Phi) is 8.26. The molecule has 1 fully saturated rings. The van der Waals surface area contributed by atoms with E-state index >= 15 is 0 Å². The number of nitrogens with one attached hydrogen (secondary N) is 2. The summed E-state index contributed by atoms with van der Waals surface area (Å²) in [5, 5.41) is 8.32. The lowest BCUT2D eigenvalue weighted by molar-refractivity contribution is -0.117. The first-order valence-corrected chi connectivity index (χ1v) is 12.4. The highest BCUT2D eigenvalue weighted by Crippen LogP contribution is 2.46. The molecule has 2 aromatic heterocycles. The monoisotopic (exact) mass is 546 g/mol. The van der Waals surface area contributed by atoms with Gasteiger partial charge in [0.25, 0.3) is 0 Å². The number of fused-ring (bicyclic) bond motifs is 1. The van der Waals surface area contributed by atoms with Crippen LogP contribution in [0.2, 0.25) is 10.0 Å². The highest BCUT2D eigenvalue weighted by molar-refractivity contribution is 6.41. The summed E-state index contributed by atoms with van der Waals surface area (Å²) >= 11 is 13.3. The number of rotatable bonds is 9. The summed E-state index contributed by atoms with van der Waals surface area (Å²) in [4.78, 5) is 21.1. The van der Waals surface area contributed by atoms with Gasteiger partial charge in [-0.3, -0.25) is 4.79 Å². The molecular formula is C26H28Cl2N4O5. The number of hydrogen-bond acceptors (Lipinski definition) is 8. The van der Waals surface area contributed by atoms with Crippen LogP contribution in [0.25, 0.3) is 22.0 Å². The number of nitrogens with zero attached hydrogens (tertiary/aromatic N) is 2. The molecule has 1 saturated heterocycles. The predicted molar refractivity (Wildman–Crippen MR) is 144 cm³/mol. The molecule has 3 aromatic rings. The summed E-state index contributed by atoms with van der Waals surface area (Å²) in [6, 6.07) is 4.92. The smallest absolute Gasteiger partial charge is 0.243 e. The number of methoxy groups -OCH3 is 2. The van der Waals surface area contributed by atoms with E-state index in [0.29, 0.717) is 57.7 Å². The third kappa shape index (κ3) is 5.69. The van der Waals surface area contributed by atoms with Gasteiger partial charge in [-0.2, -0.15) is 0 Å². The molecule has 1 amide bonds. The Labute approximate surface area is 225 Å². The van der Waals surface area contributed by atoms with Gasteiger partial charge < -0.3 is 29.6 Å². The summed E-state index contributed by atoms with van der Waals surface area (Å²) in [6.07, 6.45) is 2.80. The number of hydrogen-bond donors (Lipinski definition) is 2. The molecule has 1 aliphatic rings. The van der Waals surface area contributed by atoms with E-state index in [-0.39, 0.29) is 24.1 Å². The van der Waals surface area contributed by atoms with Gasteiger partial charge in [0.05, 0.1) is 61.4 Å². The Morgan fingerprint density at radius 2 is 1.81 bits per heavy atom. The largest absolute Gasteiger partial charge is 0.495 e. The van der Waals surface area contributed by atoms with E-state index in [1.165, 1.54) is 20.3 Å². The molecule has 0 radical (unpaired) electrons. The zero-order valence-electron chi connectivity index (χ0n) is 20.9. The molecule has 3 heterocycles. The van der Waals surface area contributed by atoms with Crippen LogP contribution < -0.4 is 24.8 Å². The second-order valence-electron chi connectivity index (χ2n) is 8.66. The van der Waals surface area contributed by atoms with Crippen molar-refractivity contribution in [3.63, 3.8) is 0 Å². The van der Waals surface area contributed by atoms with Crippen molar-refractivity contribution in [2.24, 2.45) is 0 Å². The molecular weight excluding hydrogens is 519 g/mol. The van der Waals surface area contributed by atoms with Gasteiger partial charge in [0.15, 0.2) is 0 Å². The SMILES string of the molecule is C=CC(=O)N[C@H]1COC[C@H]1Nc1cc2c(OC(C)C)nc(-c3c(Cl)c(OC)cc(OC)c3Cl)cc2cn1. The lowest BCUT2D eigenvalue weighted by Crippen LogP contribution is -2.45. The molecule has 1 aromatic carbocycles. The first-order valence-electron chi connectivity index (χ1n) is 11.6. The Balaban J connectivity index is 1.77. The summed E-state index contributed by atoms with van der Waals surface area (Å²) in [5.74, 6) is 1.52. The summed E-state index contributed by atoms with van der Waals surface area (Å²) in [7, 11) is 3.03. The highest BCUT2D eigenvalue weighted by Gasteiger charge is 2.29. The number of pyridine rings is 2. The molecule has 0 aliphatic carbocycles. The number of anilines is 1. The van der Waals surface area contributed by atoms with Gasteiger partial charge in [-0.25, -0.2) is 9.97 Å². The minimum Gasteiger partial charge on any atom is -0.495 e. The van der Waals surface area contributed by atoms with E-state index in [9.17, 15) is 4.79 Å². The lowest BCUT2D eigenvalue weighted by atomic mass is 10.1. The number of halogens is 2. The third-order valence-corrected chi connectivity index (χ3v) is 6.53. The van der Waals surface area contributed by atoms with Crippen molar-refractivity contribution in [3.8, 4) is 28.6 Å². The molecule has 196 valence electrons. The van der Waals surface area contributed by atoms with Gasteiger partial charge in [-0.05, 0) is 32.1 Å². The molecule has 0 bridgehead atoms. The number of carbonyl (C=O) groups is 1. The molecule has 0 spiro atoms. The van der Waals surface area contributed by atoms with Crippen molar-refractivity contribution < 1.29 is 23.7 Å². The van der Waals surface area contributed by atoms with Crippen LogP contribution in [0, 0.1) is 0 Å². The van der Waals surface area contributed by atoms with Crippen molar-refractivity contribution in [3.05, 3.63) is 47.1 Å². The average molecular weight is 547 g/mol. The van der Waals surface area contributed by atoms with Crippen LogP contribution in [-0.4, -0.2) is 61.5 Å².